The van der Waals surface area contributed by atoms with Crippen molar-refractivity contribution in [1.29, 1.82) is 5.26 Å². The van der Waals surface area contributed by atoms with Crippen LogP contribution in [-0.2, 0) is 33.5 Å². The third-order valence-corrected chi connectivity index (χ3v) is 9.46. The summed E-state index contributed by atoms with van der Waals surface area (Å²) in [5.41, 5.74) is 1.30. The highest BCUT2D eigenvalue weighted by Gasteiger charge is 2.67. The zero-order chi connectivity index (χ0) is 34.5. The van der Waals surface area contributed by atoms with Crippen LogP contribution >= 0.6 is 0 Å². The highest BCUT2D eigenvalue weighted by molar-refractivity contribution is 5.98. The van der Waals surface area contributed by atoms with Crippen molar-refractivity contribution in [3.05, 3.63) is 71.2 Å². The number of hydrogen-bond donors (Lipinski definition) is 1. The molecule has 0 radical (unpaired) electrons. The maximum absolute atomic E-state index is 14.2. The summed E-state index contributed by atoms with van der Waals surface area (Å²) in [5, 5.41) is 17.7. The zero-order valence-electron chi connectivity index (χ0n) is 26.8. The average Bonchev–Trinajstić information content (AvgIpc) is 3.48. The summed E-state index contributed by atoms with van der Waals surface area (Å²) < 4.78 is 47.7. The number of pyridine rings is 2. The molecule has 2 amide bonds. The smallest absolute Gasteiger partial charge is 0.377 e. The maximum Gasteiger partial charge on any atom is 0.433 e. The number of nitriles is 1. The molecule has 0 spiro atoms. The number of aryl methyl sites for hydroxylation is 3. The standard InChI is InChI=1S/C34H32F3N9O3/c1-19-8-9-27(34(35,36)37)42-31(19)43-32(48)26-12-33-13-28(33)46(26)29(47)17-45-30-22(25(14-38)44-45)11-24(21-15-39-20(2)40-16-21)41-23(30)7-5-3-4-6-10-49-18-33/h4,6,8-9,11,15-16,26,28H,3,5,7,10,12-13,17-18H2,1-2H3,(H,42,43,48)/b6-4+/t26-,28+,33-/m0/s1. The fraction of sp³-hybridized carbons (Fsp3) is 0.412. The number of aromatic nitrogens is 6. The first-order valence-corrected chi connectivity index (χ1v) is 16.0. The van der Waals surface area contributed by atoms with Crippen LogP contribution in [0.4, 0.5) is 19.0 Å². The third kappa shape index (κ3) is 6.12. The van der Waals surface area contributed by atoms with Gasteiger partial charge in [0, 0.05) is 34.8 Å². The van der Waals surface area contributed by atoms with Gasteiger partial charge in [0.25, 0.3) is 0 Å². The second-order valence-electron chi connectivity index (χ2n) is 12.8. The highest BCUT2D eigenvalue weighted by atomic mass is 19.4. The van der Waals surface area contributed by atoms with Crippen LogP contribution < -0.4 is 5.32 Å². The number of nitrogens with one attached hydrogen (secondary N) is 1. The Balaban J connectivity index is 1.26. The van der Waals surface area contributed by atoms with Crippen molar-refractivity contribution in [2.45, 2.75) is 70.8 Å². The van der Waals surface area contributed by atoms with Crippen molar-refractivity contribution < 1.29 is 27.5 Å². The lowest BCUT2D eigenvalue weighted by Crippen LogP contribution is -2.47. The number of halogens is 3. The van der Waals surface area contributed by atoms with Gasteiger partial charge in [-0.1, -0.05) is 18.2 Å². The normalized spacial score (nSPS) is 23.2. The van der Waals surface area contributed by atoms with E-state index in [4.69, 9.17) is 9.72 Å². The SMILES string of the molecule is Cc1ncc(-c2cc3c(C#N)nn4c3c(n2)CCC/C=C/COC[C@@]23C[C@@H](C(=O)Nc5nc(C(F)(F)F)ccc5C)N(C(=O)C4)[C@@H]2C3)cn1. The van der Waals surface area contributed by atoms with Gasteiger partial charge in [-0.3, -0.25) is 19.3 Å². The number of allylic oxidation sites excluding steroid dienone is 1. The first kappa shape index (κ1) is 32.3. The number of anilines is 1. The van der Waals surface area contributed by atoms with Crippen LogP contribution in [0.25, 0.3) is 22.2 Å². The second kappa shape index (κ2) is 12.3. The molecule has 2 bridgehead atoms. The van der Waals surface area contributed by atoms with Crippen LogP contribution in [0.1, 0.15) is 54.2 Å². The zero-order valence-corrected chi connectivity index (χ0v) is 26.8. The van der Waals surface area contributed by atoms with E-state index in [1.54, 1.807) is 32.3 Å². The van der Waals surface area contributed by atoms with Crippen molar-refractivity contribution in [1.82, 2.24) is 34.6 Å². The lowest BCUT2D eigenvalue weighted by atomic mass is 10.00. The number of rotatable bonds is 3. The Kier molecular flexibility index (Phi) is 8.14. The molecule has 12 nitrogen and oxygen atoms in total. The van der Waals surface area contributed by atoms with E-state index in [2.05, 4.69) is 31.4 Å². The quantitative estimate of drug-likeness (QED) is 0.306. The second-order valence-corrected chi connectivity index (χ2v) is 12.8. The van der Waals surface area contributed by atoms with Gasteiger partial charge >= 0.3 is 6.18 Å². The van der Waals surface area contributed by atoms with E-state index < -0.39 is 35.1 Å². The summed E-state index contributed by atoms with van der Waals surface area (Å²) >= 11 is 0. The molecule has 4 aromatic rings. The Bertz CT molecular complexity index is 2040. The molecule has 3 atom stereocenters. The lowest BCUT2D eigenvalue weighted by molar-refractivity contribution is -0.141. The van der Waals surface area contributed by atoms with E-state index in [9.17, 15) is 28.0 Å². The van der Waals surface area contributed by atoms with Gasteiger partial charge in [0.05, 0.1) is 30.1 Å². The predicted octanol–water partition coefficient (Wildman–Crippen LogP) is 4.70. The Morgan fingerprint density at radius 3 is 2.69 bits per heavy atom. The van der Waals surface area contributed by atoms with E-state index in [-0.39, 0.29) is 30.5 Å². The first-order valence-electron chi connectivity index (χ1n) is 16.0. The van der Waals surface area contributed by atoms with Gasteiger partial charge < -0.3 is 15.0 Å². The van der Waals surface area contributed by atoms with E-state index >= 15 is 0 Å². The van der Waals surface area contributed by atoms with E-state index in [0.29, 0.717) is 65.3 Å². The molecular formula is C34H32F3N9O3. The molecule has 1 saturated carbocycles. The molecule has 6 heterocycles. The number of ether oxygens (including phenoxy) is 1. The van der Waals surface area contributed by atoms with Crippen LogP contribution in [0.15, 0.2) is 42.7 Å². The summed E-state index contributed by atoms with van der Waals surface area (Å²) in [4.78, 5) is 46.7. The monoisotopic (exact) mass is 671 g/mol. The summed E-state index contributed by atoms with van der Waals surface area (Å²) in [6, 6.07) is 4.69. The lowest BCUT2D eigenvalue weighted by Gasteiger charge is -2.27. The minimum atomic E-state index is -4.70. The molecule has 3 aliphatic rings. The number of alkyl halides is 3. The molecule has 1 aliphatic carbocycles. The molecular weight excluding hydrogens is 639 g/mol. The van der Waals surface area contributed by atoms with Crippen molar-refractivity contribution >= 4 is 28.5 Å². The maximum atomic E-state index is 14.2. The Hall–Kier alpha value is -5.23. The van der Waals surface area contributed by atoms with Crippen LogP contribution in [0.2, 0.25) is 0 Å². The van der Waals surface area contributed by atoms with Gasteiger partial charge in [0.15, 0.2) is 5.69 Å². The van der Waals surface area contributed by atoms with Crippen LogP contribution in [0.3, 0.4) is 0 Å². The van der Waals surface area contributed by atoms with Gasteiger partial charge in [-0.25, -0.2) is 15.0 Å². The molecule has 7 rings (SSSR count). The number of hydrogen-bond acceptors (Lipinski definition) is 9. The Morgan fingerprint density at radius 2 is 1.94 bits per heavy atom. The van der Waals surface area contributed by atoms with E-state index in [1.165, 1.54) is 15.6 Å². The van der Waals surface area contributed by atoms with E-state index in [1.807, 2.05) is 12.2 Å². The summed E-state index contributed by atoms with van der Waals surface area (Å²) in [7, 11) is 0. The summed E-state index contributed by atoms with van der Waals surface area (Å²) in [6.45, 7) is 3.72. The molecule has 1 saturated heterocycles. The number of carbonyl (C=O) groups is 2. The molecule has 15 heteroatoms. The number of nitrogens with zero attached hydrogens (tertiary/aromatic N) is 8. The van der Waals surface area contributed by atoms with E-state index in [0.717, 1.165) is 18.9 Å². The number of carbonyl (C=O) groups excluding carboxylic acids is 2. The molecule has 2 fully saturated rings. The van der Waals surface area contributed by atoms with Gasteiger partial charge in [-0.2, -0.15) is 23.5 Å². The molecule has 49 heavy (non-hydrogen) atoms. The topological polar surface area (TPSA) is 152 Å². The molecule has 4 aromatic heterocycles. The molecule has 2 aliphatic heterocycles. The minimum Gasteiger partial charge on any atom is -0.377 e. The third-order valence-electron chi connectivity index (χ3n) is 9.46. The minimum absolute atomic E-state index is 0.120. The van der Waals surface area contributed by atoms with Gasteiger partial charge in [-0.15, -0.1) is 0 Å². The van der Waals surface area contributed by atoms with Gasteiger partial charge in [-0.05, 0) is 63.6 Å². The van der Waals surface area contributed by atoms with Crippen LogP contribution in [0, 0.1) is 30.6 Å². The van der Waals surface area contributed by atoms with Gasteiger partial charge in [0.1, 0.15) is 36.0 Å². The highest BCUT2D eigenvalue weighted by Crippen LogP contribution is 2.60. The Labute approximate surface area is 279 Å². The van der Waals surface area contributed by atoms with Crippen LogP contribution in [-0.4, -0.2) is 71.7 Å². The molecule has 0 unspecified atom stereocenters. The summed E-state index contributed by atoms with van der Waals surface area (Å²) in [6.07, 6.45) is 5.50. The predicted molar refractivity (Wildman–Crippen MR) is 170 cm³/mol. The largest absolute Gasteiger partial charge is 0.433 e. The van der Waals surface area contributed by atoms with Gasteiger partial charge in [0.2, 0.25) is 11.8 Å². The van der Waals surface area contributed by atoms with Crippen molar-refractivity contribution in [3.8, 4) is 17.3 Å². The average molecular weight is 672 g/mol. The molecule has 1 N–H and O–H groups in total. The fourth-order valence-corrected chi connectivity index (χ4v) is 6.87. The van der Waals surface area contributed by atoms with Crippen molar-refractivity contribution in [2.75, 3.05) is 18.5 Å². The number of amides is 2. The Morgan fingerprint density at radius 1 is 1.14 bits per heavy atom. The molecule has 0 aromatic carbocycles. The first-order chi connectivity index (χ1) is 23.5. The van der Waals surface area contributed by atoms with Crippen LogP contribution in [0.5, 0.6) is 0 Å². The fourth-order valence-electron chi connectivity index (χ4n) is 6.87. The van der Waals surface area contributed by atoms with Crippen molar-refractivity contribution in [3.63, 3.8) is 0 Å². The molecule has 252 valence electrons. The summed E-state index contributed by atoms with van der Waals surface area (Å²) in [5.74, 6) is -0.666. The number of piperidine rings is 1. The van der Waals surface area contributed by atoms with Crippen molar-refractivity contribution in [2.24, 2.45) is 5.41 Å².